The Morgan fingerprint density at radius 1 is 1.38 bits per heavy atom. The van der Waals surface area contributed by atoms with Crippen molar-refractivity contribution in [2.24, 2.45) is 5.92 Å². The molecule has 0 aromatic carbocycles. The van der Waals surface area contributed by atoms with E-state index in [0.717, 1.165) is 30.1 Å². The fraction of sp³-hybridized carbons (Fsp3) is 0.667. The predicted molar refractivity (Wildman–Crippen MR) is 79.0 cm³/mol. The highest BCUT2D eigenvalue weighted by Gasteiger charge is 2.35. The molecule has 21 heavy (non-hydrogen) atoms. The summed E-state index contributed by atoms with van der Waals surface area (Å²) in [5.41, 5.74) is 1.97. The molecular formula is C15H22N4O2. The monoisotopic (exact) mass is 290 g/mol. The van der Waals surface area contributed by atoms with Crippen LogP contribution in [0.15, 0.2) is 6.07 Å². The number of nitrogens with zero attached hydrogens (tertiary/aromatic N) is 3. The fourth-order valence-corrected chi connectivity index (χ4v) is 2.59. The van der Waals surface area contributed by atoms with E-state index in [2.05, 4.69) is 20.4 Å². The number of hydrogen-bond acceptors (Lipinski definition) is 5. The first-order valence-electron chi connectivity index (χ1n) is 7.42. The quantitative estimate of drug-likeness (QED) is 0.876. The molecule has 1 amide bonds. The maximum atomic E-state index is 12.1. The van der Waals surface area contributed by atoms with Gasteiger partial charge in [-0.3, -0.25) is 4.79 Å². The van der Waals surface area contributed by atoms with Crippen LogP contribution in [0.5, 0.6) is 0 Å². The van der Waals surface area contributed by atoms with E-state index in [1.807, 2.05) is 26.8 Å². The van der Waals surface area contributed by atoms with E-state index >= 15 is 0 Å². The van der Waals surface area contributed by atoms with Gasteiger partial charge < -0.3 is 15.0 Å². The largest absolute Gasteiger partial charge is 0.376 e. The Kier molecular flexibility index (Phi) is 3.57. The predicted octanol–water partition coefficient (Wildman–Crippen LogP) is 0.900. The molecule has 0 bridgehead atoms. The van der Waals surface area contributed by atoms with Crippen molar-refractivity contribution in [1.29, 1.82) is 0 Å². The van der Waals surface area contributed by atoms with Gasteiger partial charge in [-0.15, -0.1) is 5.10 Å². The number of carbonyl (C=O) groups excluding carboxylic acids is 1. The molecule has 3 rings (SSSR count). The van der Waals surface area contributed by atoms with E-state index in [9.17, 15) is 4.79 Å². The maximum Gasteiger partial charge on any atom is 0.227 e. The van der Waals surface area contributed by atoms with Crippen LogP contribution in [0.4, 0.5) is 5.82 Å². The van der Waals surface area contributed by atoms with Gasteiger partial charge in [-0.2, -0.15) is 5.10 Å². The molecule has 6 nitrogen and oxygen atoms in total. The van der Waals surface area contributed by atoms with Crippen LogP contribution < -0.4 is 10.2 Å². The third-order valence-corrected chi connectivity index (χ3v) is 3.76. The van der Waals surface area contributed by atoms with E-state index in [4.69, 9.17) is 4.74 Å². The summed E-state index contributed by atoms with van der Waals surface area (Å²) in [5.74, 6) is 1.00. The van der Waals surface area contributed by atoms with Gasteiger partial charge in [0, 0.05) is 30.6 Å². The van der Waals surface area contributed by atoms with Gasteiger partial charge in [-0.25, -0.2) is 0 Å². The molecule has 0 spiro atoms. The normalized spacial score (nSPS) is 18.9. The van der Waals surface area contributed by atoms with Crippen LogP contribution in [-0.2, 0) is 22.6 Å². The number of rotatable bonds is 2. The zero-order chi connectivity index (χ0) is 15.0. The molecule has 2 aliphatic heterocycles. The zero-order valence-corrected chi connectivity index (χ0v) is 12.8. The van der Waals surface area contributed by atoms with Gasteiger partial charge in [0.25, 0.3) is 0 Å². The SMILES string of the molecule is CC(C)(C)NC(=O)C1CN(c2cc3c(nn2)CCOC3)C1. The van der Waals surface area contributed by atoms with Gasteiger partial charge >= 0.3 is 0 Å². The van der Waals surface area contributed by atoms with E-state index in [1.165, 1.54) is 0 Å². The van der Waals surface area contributed by atoms with Crippen molar-refractivity contribution in [2.75, 3.05) is 24.6 Å². The number of ether oxygens (including phenoxy) is 1. The Bertz CT molecular complexity index is 547. The first-order chi connectivity index (χ1) is 9.92. The minimum absolute atomic E-state index is 0.0401. The first kappa shape index (κ1) is 14.3. The van der Waals surface area contributed by atoms with E-state index in [-0.39, 0.29) is 17.4 Å². The highest BCUT2D eigenvalue weighted by atomic mass is 16.5. The number of aromatic nitrogens is 2. The lowest BCUT2D eigenvalue weighted by atomic mass is 9.97. The standard InChI is InChI=1S/C15H22N4O2/c1-15(2,3)16-14(20)11-7-19(8-11)13-6-10-9-21-5-4-12(10)17-18-13/h6,11H,4-5,7-9H2,1-3H3,(H,16,20). The minimum Gasteiger partial charge on any atom is -0.376 e. The molecule has 0 aliphatic carbocycles. The topological polar surface area (TPSA) is 67.4 Å². The Labute approximate surface area is 124 Å². The van der Waals surface area contributed by atoms with E-state index < -0.39 is 0 Å². The van der Waals surface area contributed by atoms with Gasteiger partial charge in [0.1, 0.15) is 0 Å². The smallest absolute Gasteiger partial charge is 0.227 e. The number of amides is 1. The summed E-state index contributed by atoms with van der Waals surface area (Å²) in [6.07, 6.45) is 0.833. The lowest BCUT2D eigenvalue weighted by molar-refractivity contribution is -0.127. The minimum atomic E-state index is -0.180. The second-order valence-corrected chi connectivity index (χ2v) is 6.82. The van der Waals surface area contributed by atoms with Crippen molar-refractivity contribution in [3.63, 3.8) is 0 Å². The number of nitrogens with one attached hydrogen (secondary N) is 1. The molecule has 0 atom stereocenters. The van der Waals surface area contributed by atoms with Crippen molar-refractivity contribution < 1.29 is 9.53 Å². The lowest BCUT2D eigenvalue weighted by Gasteiger charge is -2.40. The molecule has 0 radical (unpaired) electrons. The molecule has 2 aliphatic rings. The summed E-state index contributed by atoms with van der Waals surface area (Å²) in [7, 11) is 0. The molecule has 1 aromatic heterocycles. The highest BCUT2D eigenvalue weighted by molar-refractivity contribution is 5.82. The van der Waals surface area contributed by atoms with E-state index in [0.29, 0.717) is 19.7 Å². The molecule has 0 saturated carbocycles. The van der Waals surface area contributed by atoms with Gasteiger partial charge in [0.2, 0.25) is 5.91 Å². The van der Waals surface area contributed by atoms with Crippen molar-refractivity contribution in [3.8, 4) is 0 Å². The number of carbonyl (C=O) groups is 1. The van der Waals surface area contributed by atoms with Crippen LogP contribution >= 0.6 is 0 Å². The molecule has 0 unspecified atom stereocenters. The summed E-state index contributed by atoms with van der Waals surface area (Å²) in [5, 5.41) is 11.6. The molecule has 1 N–H and O–H groups in total. The summed E-state index contributed by atoms with van der Waals surface area (Å²) in [6.45, 7) is 8.73. The summed E-state index contributed by atoms with van der Waals surface area (Å²) >= 11 is 0. The third kappa shape index (κ3) is 3.15. The fourth-order valence-electron chi connectivity index (χ4n) is 2.59. The van der Waals surface area contributed by atoms with Crippen LogP contribution in [-0.4, -0.2) is 41.3 Å². The third-order valence-electron chi connectivity index (χ3n) is 3.76. The second kappa shape index (κ2) is 5.26. The Morgan fingerprint density at radius 3 is 2.86 bits per heavy atom. The average molecular weight is 290 g/mol. The van der Waals surface area contributed by atoms with Crippen LogP contribution in [0.25, 0.3) is 0 Å². The summed E-state index contributed by atoms with van der Waals surface area (Å²) < 4.78 is 5.45. The summed E-state index contributed by atoms with van der Waals surface area (Å²) in [6, 6.07) is 2.04. The molecule has 3 heterocycles. The first-order valence-corrected chi connectivity index (χ1v) is 7.42. The van der Waals surface area contributed by atoms with Crippen LogP contribution in [0.1, 0.15) is 32.0 Å². The van der Waals surface area contributed by atoms with Gasteiger partial charge in [0.15, 0.2) is 5.82 Å². The van der Waals surface area contributed by atoms with Crippen molar-refractivity contribution in [3.05, 3.63) is 17.3 Å². The van der Waals surface area contributed by atoms with Crippen molar-refractivity contribution >= 4 is 11.7 Å². The van der Waals surface area contributed by atoms with Crippen molar-refractivity contribution in [1.82, 2.24) is 15.5 Å². The molecule has 114 valence electrons. The van der Waals surface area contributed by atoms with Gasteiger partial charge in [-0.05, 0) is 26.8 Å². The molecular weight excluding hydrogens is 268 g/mol. The van der Waals surface area contributed by atoms with Crippen LogP contribution in [0, 0.1) is 5.92 Å². The Hall–Kier alpha value is -1.69. The summed E-state index contributed by atoms with van der Waals surface area (Å²) in [4.78, 5) is 14.1. The highest BCUT2D eigenvalue weighted by Crippen LogP contribution is 2.25. The number of anilines is 1. The Balaban J connectivity index is 1.60. The average Bonchev–Trinajstić information content (AvgIpc) is 2.34. The van der Waals surface area contributed by atoms with Crippen LogP contribution in [0.2, 0.25) is 0 Å². The van der Waals surface area contributed by atoms with Crippen molar-refractivity contribution in [2.45, 2.75) is 39.3 Å². The molecule has 1 fully saturated rings. The lowest BCUT2D eigenvalue weighted by Crippen LogP contribution is -2.56. The molecule has 1 saturated heterocycles. The molecule has 6 heteroatoms. The van der Waals surface area contributed by atoms with E-state index in [1.54, 1.807) is 0 Å². The maximum absolute atomic E-state index is 12.1. The molecule has 1 aromatic rings. The van der Waals surface area contributed by atoms with Gasteiger partial charge in [0.05, 0.1) is 24.8 Å². The second-order valence-electron chi connectivity index (χ2n) is 6.82. The number of fused-ring (bicyclic) bond motifs is 1. The zero-order valence-electron chi connectivity index (χ0n) is 12.8. The number of hydrogen-bond donors (Lipinski definition) is 1. The van der Waals surface area contributed by atoms with Gasteiger partial charge in [-0.1, -0.05) is 0 Å². The Morgan fingerprint density at radius 2 is 2.14 bits per heavy atom. The van der Waals surface area contributed by atoms with Crippen LogP contribution in [0.3, 0.4) is 0 Å².